The van der Waals surface area contributed by atoms with Crippen LogP contribution in [0.1, 0.15) is 73.6 Å². The van der Waals surface area contributed by atoms with Crippen LogP contribution in [0.3, 0.4) is 0 Å². The third-order valence-electron chi connectivity index (χ3n) is 6.29. The first-order valence-electron chi connectivity index (χ1n) is 11.9. The molecule has 1 aliphatic heterocycles. The number of carboxylic acids is 1. The van der Waals surface area contributed by atoms with Gasteiger partial charge in [0.15, 0.2) is 0 Å². The van der Waals surface area contributed by atoms with Crippen LogP contribution in [0.2, 0.25) is 0 Å². The number of hydrogen-bond acceptors (Lipinski definition) is 5. The SMILES string of the molecule is CCC(C)C(NC(=O)C(NC(=O)C(CC(C)C)NC(=O)C1CCCN1)C(C)CC)C(=O)O. The molecule has 0 aromatic carbocycles. The van der Waals surface area contributed by atoms with Gasteiger partial charge in [-0.1, -0.05) is 54.4 Å². The quantitative estimate of drug-likeness (QED) is 0.285. The van der Waals surface area contributed by atoms with Gasteiger partial charge in [0.25, 0.3) is 0 Å². The summed E-state index contributed by atoms with van der Waals surface area (Å²) in [7, 11) is 0. The highest BCUT2D eigenvalue weighted by molar-refractivity contribution is 5.94. The molecular weight excluding hydrogens is 412 g/mol. The monoisotopic (exact) mass is 454 g/mol. The number of hydrogen-bond donors (Lipinski definition) is 5. The second-order valence-electron chi connectivity index (χ2n) is 9.42. The van der Waals surface area contributed by atoms with Gasteiger partial charge in [-0.15, -0.1) is 0 Å². The Morgan fingerprint density at radius 1 is 0.906 bits per heavy atom. The Labute approximate surface area is 191 Å². The van der Waals surface area contributed by atoms with E-state index in [1.54, 1.807) is 6.92 Å². The van der Waals surface area contributed by atoms with Crippen molar-refractivity contribution in [3.63, 3.8) is 0 Å². The van der Waals surface area contributed by atoms with Crippen molar-refractivity contribution in [1.82, 2.24) is 21.3 Å². The molecule has 9 heteroatoms. The lowest BCUT2D eigenvalue weighted by atomic mass is 9.94. The Morgan fingerprint density at radius 3 is 1.94 bits per heavy atom. The molecule has 0 aromatic heterocycles. The summed E-state index contributed by atoms with van der Waals surface area (Å²) in [5.41, 5.74) is 0. The molecule has 0 aromatic rings. The number of nitrogens with one attached hydrogen (secondary N) is 4. The molecule has 0 aliphatic carbocycles. The molecule has 0 saturated carbocycles. The molecule has 0 spiro atoms. The van der Waals surface area contributed by atoms with Crippen molar-refractivity contribution < 1.29 is 24.3 Å². The fourth-order valence-corrected chi connectivity index (χ4v) is 3.77. The summed E-state index contributed by atoms with van der Waals surface area (Å²) < 4.78 is 0. The van der Waals surface area contributed by atoms with Crippen molar-refractivity contribution in [1.29, 1.82) is 0 Å². The molecule has 1 saturated heterocycles. The maximum atomic E-state index is 13.1. The van der Waals surface area contributed by atoms with Gasteiger partial charge in [0.2, 0.25) is 17.7 Å². The maximum absolute atomic E-state index is 13.1. The molecule has 6 atom stereocenters. The van der Waals surface area contributed by atoms with E-state index in [-0.39, 0.29) is 29.7 Å². The zero-order valence-electron chi connectivity index (χ0n) is 20.4. The van der Waals surface area contributed by atoms with Crippen LogP contribution in [0.4, 0.5) is 0 Å². The summed E-state index contributed by atoms with van der Waals surface area (Å²) >= 11 is 0. The van der Waals surface area contributed by atoms with E-state index in [0.717, 1.165) is 19.4 Å². The highest BCUT2D eigenvalue weighted by Gasteiger charge is 2.34. The summed E-state index contributed by atoms with van der Waals surface area (Å²) in [4.78, 5) is 50.4. The second kappa shape index (κ2) is 13.4. The van der Waals surface area contributed by atoms with Gasteiger partial charge in [-0.2, -0.15) is 0 Å². The van der Waals surface area contributed by atoms with Crippen LogP contribution < -0.4 is 21.3 Å². The van der Waals surface area contributed by atoms with Crippen LogP contribution in [0, 0.1) is 17.8 Å². The number of carboxylic acid groups (broad SMARTS) is 1. The highest BCUT2D eigenvalue weighted by Crippen LogP contribution is 2.14. The van der Waals surface area contributed by atoms with Crippen molar-refractivity contribution in [2.24, 2.45) is 17.8 Å². The van der Waals surface area contributed by atoms with E-state index in [2.05, 4.69) is 21.3 Å². The second-order valence-corrected chi connectivity index (χ2v) is 9.42. The Balaban J connectivity index is 2.97. The lowest BCUT2D eigenvalue weighted by molar-refractivity contribution is -0.144. The molecule has 1 aliphatic rings. The average Bonchev–Trinajstić information content (AvgIpc) is 3.28. The minimum atomic E-state index is -1.10. The lowest BCUT2D eigenvalue weighted by Crippen LogP contribution is -2.59. The molecule has 1 heterocycles. The smallest absolute Gasteiger partial charge is 0.326 e. The lowest BCUT2D eigenvalue weighted by Gasteiger charge is -2.29. The molecule has 32 heavy (non-hydrogen) atoms. The molecular formula is C23H42N4O5. The van der Waals surface area contributed by atoms with Gasteiger partial charge >= 0.3 is 5.97 Å². The third kappa shape index (κ3) is 8.41. The predicted octanol–water partition coefficient (Wildman–Crippen LogP) is 1.42. The van der Waals surface area contributed by atoms with Crippen LogP contribution in [0.25, 0.3) is 0 Å². The first kappa shape index (κ1) is 27.9. The molecule has 1 fully saturated rings. The van der Waals surface area contributed by atoms with E-state index in [0.29, 0.717) is 19.3 Å². The first-order chi connectivity index (χ1) is 15.0. The maximum Gasteiger partial charge on any atom is 0.326 e. The van der Waals surface area contributed by atoms with E-state index in [1.165, 1.54) is 0 Å². The third-order valence-corrected chi connectivity index (χ3v) is 6.29. The minimum Gasteiger partial charge on any atom is -0.480 e. The zero-order chi connectivity index (χ0) is 24.4. The van der Waals surface area contributed by atoms with Gasteiger partial charge < -0.3 is 26.4 Å². The summed E-state index contributed by atoms with van der Waals surface area (Å²) in [6, 6.07) is -3.00. The summed E-state index contributed by atoms with van der Waals surface area (Å²) in [5, 5.41) is 20.9. The summed E-state index contributed by atoms with van der Waals surface area (Å²) in [6.07, 6.45) is 3.29. The Morgan fingerprint density at radius 2 is 1.47 bits per heavy atom. The standard InChI is InChI=1S/C23H42N4O5/c1-7-14(5)18(22(30)27-19(23(31)32)15(6)8-2)26-21(29)17(12-13(3)4)25-20(28)16-10-9-11-24-16/h13-19,24H,7-12H2,1-6H3,(H,25,28)(H,26,29)(H,27,30)(H,31,32). The normalized spacial score (nSPS) is 20.7. The predicted molar refractivity (Wildman–Crippen MR) is 123 cm³/mol. The van der Waals surface area contributed by atoms with Gasteiger partial charge in [0.1, 0.15) is 18.1 Å². The van der Waals surface area contributed by atoms with Gasteiger partial charge in [0.05, 0.1) is 6.04 Å². The molecule has 6 unspecified atom stereocenters. The van der Waals surface area contributed by atoms with Crippen LogP contribution in [0.5, 0.6) is 0 Å². The van der Waals surface area contributed by atoms with E-state index >= 15 is 0 Å². The molecule has 184 valence electrons. The number of amides is 3. The fraction of sp³-hybridized carbons (Fsp3) is 0.826. The average molecular weight is 455 g/mol. The van der Waals surface area contributed by atoms with Crippen molar-refractivity contribution >= 4 is 23.7 Å². The topological polar surface area (TPSA) is 137 Å². The van der Waals surface area contributed by atoms with Gasteiger partial charge in [-0.05, 0) is 43.6 Å². The van der Waals surface area contributed by atoms with Crippen LogP contribution in [0.15, 0.2) is 0 Å². The van der Waals surface area contributed by atoms with Crippen molar-refractivity contribution in [2.45, 2.75) is 97.8 Å². The van der Waals surface area contributed by atoms with Crippen molar-refractivity contribution in [3.05, 3.63) is 0 Å². The molecule has 0 bridgehead atoms. The molecule has 0 radical (unpaired) electrons. The number of rotatable bonds is 13. The van der Waals surface area contributed by atoms with Gasteiger partial charge in [-0.3, -0.25) is 14.4 Å². The van der Waals surface area contributed by atoms with Crippen LogP contribution in [-0.2, 0) is 19.2 Å². The summed E-state index contributed by atoms with van der Waals surface area (Å²) in [5.74, 6) is -2.58. The Hall–Kier alpha value is -2.16. The Kier molecular flexibility index (Phi) is 11.7. The first-order valence-corrected chi connectivity index (χ1v) is 11.9. The van der Waals surface area contributed by atoms with Crippen LogP contribution in [-0.4, -0.2) is 59.5 Å². The van der Waals surface area contributed by atoms with E-state index in [1.807, 2.05) is 34.6 Å². The molecule has 1 rings (SSSR count). The van der Waals surface area contributed by atoms with Crippen molar-refractivity contribution in [3.8, 4) is 0 Å². The van der Waals surface area contributed by atoms with Gasteiger partial charge in [-0.25, -0.2) is 4.79 Å². The largest absolute Gasteiger partial charge is 0.480 e. The van der Waals surface area contributed by atoms with E-state index in [9.17, 15) is 24.3 Å². The summed E-state index contributed by atoms with van der Waals surface area (Å²) in [6.45, 7) is 12.1. The zero-order valence-corrected chi connectivity index (χ0v) is 20.4. The van der Waals surface area contributed by atoms with Gasteiger partial charge in [0, 0.05) is 0 Å². The minimum absolute atomic E-state index is 0.153. The number of carbonyl (C=O) groups is 4. The van der Waals surface area contributed by atoms with E-state index in [4.69, 9.17) is 0 Å². The fourth-order valence-electron chi connectivity index (χ4n) is 3.77. The molecule has 5 N–H and O–H groups in total. The van der Waals surface area contributed by atoms with E-state index < -0.39 is 35.9 Å². The molecule has 3 amide bonds. The molecule has 9 nitrogen and oxygen atoms in total. The highest BCUT2D eigenvalue weighted by atomic mass is 16.4. The van der Waals surface area contributed by atoms with Crippen LogP contribution >= 0.6 is 0 Å². The Bertz CT molecular complexity index is 648. The number of carbonyl (C=O) groups excluding carboxylic acids is 3. The van der Waals surface area contributed by atoms with Crippen molar-refractivity contribution in [2.75, 3.05) is 6.54 Å². The number of aliphatic carboxylic acids is 1.